The zero-order valence-corrected chi connectivity index (χ0v) is 14.9. The summed E-state index contributed by atoms with van der Waals surface area (Å²) in [4.78, 5) is 15.1. The zero-order valence-electron chi connectivity index (χ0n) is 14.2. The van der Waals surface area contributed by atoms with Crippen LogP contribution in [-0.2, 0) is 11.2 Å². The highest BCUT2D eigenvalue weighted by Gasteiger charge is 2.13. The van der Waals surface area contributed by atoms with Crippen molar-refractivity contribution in [3.8, 4) is 11.5 Å². The van der Waals surface area contributed by atoms with Gasteiger partial charge in [0.05, 0.1) is 17.3 Å². The van der Waals surface area contributed by atoms with Crippen LogP contribution in [0.5, 0.6) is 11.5 Å². The van der Waals surface area contributed by atoms with Gasteiger partial charge in [-0.3, -0.25) is 4.99 Å². The van der Waals surface area contributed by atoms with Gasteiger partial charge in [-0.05, 0) is 48.7 Å². The van der Waals surface area contributed by atoms with Crippen molar-refractivity contribution >= 4 is 29.5 Å². The second-order valence-corrected chi connectivity index (χ2v) is 5.63. The van der Waals surface area contributed by atoms with E-state index in [9.17, 15) is 4.79 Å². The molecule has 0 heterocycles. The molecule has 1 N–H and O–H groups in total. The molecule has 0 radical (unpaired) electrons. The Morgan fingerprint density at radius 2 is 1.92 bits per heavy atom. The van der Waals surface area contributed by atoms with E-state index in [1.54, 1.807) is 18.3 Å². The summed E-state index contributed by atoms with van der Waals surface area (Å²) in [7, 11) is 0. The van der Waals surface area contributed by atoms with E-state index in [-0.39, 0.29) is 10.8 Å². The van der Waals surface area contributed by atoms with E-state index >= 15 is 0 Å². The average Bonchev–Trinajstić information content (AvgIpc) is 2.59. The Balaban J connectivity index is 2.25. The number of aryl methyl sites for hydroxylation is 1. The van der Waals surface area contributed by atoms with Crippen LogP contribution in [0.4, 0.5) is 5.69 Å². The SMILES string of the molecule is CCOc1cc(C=Nc2ccc(CC)cc2)cc(Cl)c1OCC(=O)O. The van der Waals surface area contributed by atoms with Gasteiger partial charge < -0.3 is 14.6 Å². The Labute approximate surface area is 151 Å². The Morgan fingerprint density at radius 3 is 2.52 bits per heavy atom. The van der Waals surface area contributed by atoms with E-state index in [1.807, 2.05) is 31.2 Å². The summed E-state index contributed by atoms with van der Waals surface area (Å²) in [5.41, 5.74) is 2.81. The number of benzene rings is 2. The highest BCUT2D eigenvalue weighted by atomic mass is 35.5. The third-order valence-corrected chi connectivity index (χ3v) is 3.66. The van der Waals surface area contributed by atoms with Crippen molar-refractivity contribution in [2.45, 2.75) is 20.3 Å². The molecule has 132 valence electrons. The topological polar surface area (TPSA) is 68.1 Å². The molecule has 0 unspecified atom stereocenters. The third kappa shape index (κ3) is 5.50. The van der Waals surface area contributed by atoms with Gasteiger partial charge in [0.2, 0.25) is 0 Å². The van der Waals surface area contributed by atoms with Crippen molar-refractivity contribution in [1.29, 1.82) is 0 Å². The molecule has 0 aliphatic rings. The van der Waals surface area contributed by atoms with E-state index < -0.39 is 12.6 Å². The highest BCUT2D eigenvalue weighted by molar-refractivity contribution is 6.32. The average molecular weight is 362 g/mol. The number of carboxylic acid groups (broad SMARTS) is 1. The number of halogens is 1. The minimum atomic E-state index is -1.08. The fraction of sp³-hybridized carbons (Fsp3) is 0.263. The lowest BCUT2D eigenvalue weighted by atomic mass is 10.1. The largest absolute Gasteiger partial charge is 0.490 e. The molecule has 0 atom stereocenters. The maximum absolute atomic E-state index is 10.7. The number of hydrogen-bond donors (Lipinski definition) is 1. The molecule has 0 amide bonds. The van der Waals surface area contributed by atoms with Crippen LogP contribution in [0.1, 0.15) is 25.0 Å². The predicted molar refractivity (Wildman–Crippen MR) is 98.8 cm³/mol. The normalized spacial score (nSPS) is 10.8. The van der Waals surface area contributed by atoms with Crippen molar-refractivity contribution in [3.05, 3.63) is 52.5 Å². The minimum Gasteiger partial charge on any atom is -0.490 e. The number of nitrogens with zero attached hydrogens (tertiary/aromatic N) is 1. The molecular weight excluding hydrogens is 342 g/mol. The molecule has 0 aliphatic heterocycles. The molecule has 2 aromatic carbocycles. The smallest absolute Gasteiger partial charge is 0.341 e. The summed E-state index contributed by atoms with van der Waals surface area (Å²) < 4.78 is 10.7. The predicted octanol–water partition coefficient (Wildman–Crippen LogP) is 4.52. The summed E-state index contributed by atoms with van der Waals surface area (Å²) in [6.45, 7) is 3.84. The minimum absolute atomic E-state index is 0.218. The molecule has 25 heavy (non-hydrogen) atoms. The second-order valence-electron chi connectivity index (χ2n) is 5.22. The molecule has 6 heteroatoms. The first-order valence-corrected chi connectivity index (χ1v) is 8.35. The summed E-state index contributed by atoms with van der Waals surface area (Å²) >= 11 is 6.22. The van der Waals surface area contributed by atoms with E-state index in [2.05, 4.69) is 11.9 Å². The lowest BCUT2D eigenvalue weighted by Gasteiger charge is -2.13. The van der Waals surface area contributed by atoms with Crippen LogP contribution in [0.25, 0.3) is 0 Å². The number of aliphatic imine (C=N–C) groups is 1. The Morgan fingerprint density at radius 1 is 1.20 bits per heavy atom. The zero-order chi connectivity index (χ0) is 18.2. The molecule has 0 saturated carbocycles. The maximum Gasteiger partial charge on any atom is 0.341 e. The number of aliphatic carboxylic acids is 1. The highest BCUT2D eigenvalue weighted by Crippen LogP contribution is 2.36. The summed E-state index contributed by atoms with van der Waals surface area (Å²) in [5, 5.41) is 9.03. The van der Waals surface area contributed by atoms with Crippen LogP contribution in [0.3, 0.4) is 0 Å². The van der Waals surface area contributed by atoms with Gasteiger partial charge >= 0.3 is 5.97 Å². The number of ether oxygens (including phenoxy) is 2. The fourth-order valence-corrected chi connectivity index (χ4v) is 2.44. The molecule has 0 saturated heterocycles. The van der Waals surface area contributed by atoms with E-state index in [1.165, 1.54) is 5.56 Å². The first-order chi connectivity index (χ1) is 12.0. The van der Waals surface area contributed by atoms with Gasteiger partial charge in [-0.1, -0.05) is 30.7 Å². The van der Waals surface area contributed by atoms with Crippen molar-refractivity contribution in [2.24, 2.45) is 4.99 Å². The fourth-order valence-electron chi connectivity index (χ4n) is 2.17. The molecule has 0 aromatic heterocycles. The molecule has 0 spiro atoms. The van der Waals surface area contributed by atoms with Crippen LogP contribution >= 0.6 is 11.6 Å². The monoisotopic (exact) mass is 361 g/mol. The van der Waals surface area contributed by atoms with Crippen molar-refractivity contribution in [2.75, 3.05) is 13.2 Å². The number of hydrogen-bond acceptors (Lipinski definition) is 4. The van der Waals surface area contributed by atoms with Crippen molar-refractivity contribution < 1.29 is 19.4 Å². The molecule has 2 aromatic rings. The molecule has 2 rings (SSSR count). The number of carboxylic acids is 1. The first kappa shape index (κ1) is 18.8. The number of carbonyl (C=O) groups is 1. The van der Waals surface area contributed by atoms with Crippen LogP contribution in [0, 0.1) is 0 Å². The molecular formula is C19H20ClNO4. The first-order valence-electron chi connectivity index (χ1n) is 7.97. The van der Waals surface area contributed by atoms with E-state index in [0.717, 1.165) is 17.7 Å². The summed E-state index contributed by atoms with van der Waals surface area (Å²) in [6.07, 6.45) is 2.66. The molecule has 5 nitrogen and oxygen atoms in total. The second kappa shape index (κ2) is 9.08. The van der Waals surface area contributed by atoms with Crippen LogP contribution < -0.4 is 9.47 Å². The Kier molecular flexibility index (Phi) is 6.83. The lowest BCUT2D eigenvalue weighted by molar-refractivity contribution is -0.139. The van der Waals surface area contributed by atoms with Crippen molar-refractivity contribution in [1.82, 2.24) is 0 Å². The van der Waals surface area contributed by atoms with Gasteiger partial charge in [0.1, 0.15) is 0 Å². The molecule has 0 bridgehead atoms. The van der Waals surface area contributed by atoms with Gasteiger partial charge in [-0.2, -0.15) is 0 Å². The van der Waals surface area contributed by atoms with Gasteiger partial charge in [0, 0.05) is 6.21 Å². The molecule has 0 aliphatic carbocycles. The summed E-state index contributed by atoms with van der Waals surface area (Å²) in [6, 6.07) is 11.3. The summed E-state index contributed by atoms with van der Waals surface area (Å²) in [5.74, 6) is -0.478. The lowest BCUT2D eigenvalue weighted by Crippen LogP contribution is -2.11. The Bertz CT molecular complexity index is 757. The number of rotatable bonds is 8. The van der Waals surface area contributed by atoms with E-state index in [0.29, 0.717) is 12.4 Å². The quantitative estimate of drug-likeness (QED) is 0.702. The van der Waals surface area contributed by atoms with E-state index in [4.69, 9.17) is 26.2 Å². The van der Waals surface area contributed by atoms with Gasteiger partial charge in [0.15, 0.2) is 18.1 Å². The van der Waals surface area contributed by atoms with Crippen LogP contribution in [0.15, 0.2) is 41.4 Å². The van der Waals surface area contributed by atoms with Crippen LogP contribution in [-0.4, -0.2) is 30.5 Å². The van der Waals surface area contributed by atoms with Gasteiger partial charge in [0.25, 0.3) is 0 Å². The van der Waals surface area contributed by atoms with Gasteiger partial charge in [-0.25, -0.2) is 4.79 Å². The standard InChI is InChI=1S/C19H20ClNO4/c1-3-13-5-7-15(8-6-13)21-11-14-9-16(20)19(25-12-18(22)23)17(10-14)24-4-2/h5-11H,3-4,12H2,1-2H3,(H,22,23). The maximum atomic E-state index is 10.7. The third-order valence-electron chi connectivity index (χ3n) is 3.38. The van der Waals surface area contributed by atoms with Gasteiger partial charge in [-0.15, -0.1) is 0 Å². The van der Waals surface area contributed by atoms with Crippen LogP contribution in [0.2, 0.25) is 5.02 Å². The van der Waals surface area contributed by atoms with Crippen molar-refractivity contribution in [3.63, 3.8) is 0 Å². The Hall–Kier alpha value is -2.53. The molecule has 0 fully saturated rings.